The molecule has 1 aromatic heterocycles. The lowest BCUT2D eigenvalue weighted by Gasteiger charge is -2.02. The number of carbonyl (C=O) groups is 1. The summed E-state index contributed by atoms with van der Waals surface area (Å²) in [6.07, 6.45) is 4.03. The van der Waals surface area contributed by atoms with Crippen LogP contribution in [0.1, 0.15) is 33.7 Å². The molecule has 0 fully saturated rings. The van der Waals surface area contributed by atoms with E-state index in [0.29, 0.717) is 5.69 Å². The minimum absolute atomic E-state index is 0.329. The topological polar surface area (TPSA) is 51.3 Å². The summed E-state index contributed by atoms with van der Waals surface area (Å²) in [5.74, 6) is 0.511. The maximum Gasteiger partial charge on any atom is 0.354 e. The van der Waals surface area contributed by atoms with E-state index in [1.807, 2.05) is 30.3 Å². The molecule has 4 heteroatoms. The fourth-order valence-corrected chi connectivity index (χ4v) is 2.68. The van der Waals surface area contributed by atoms with Crippen molar-refractivity contribution in [2.75, 3.05) is 14.2 Å². The van der Waals surface area contributed by atoms with Gasteiger partial charge < -0.3 is 14.5 Å². The van der Waals surface area contributed by atoms with E-state index < -0.39 is 0 Å². The second-order valence-corrected chi connectivity index (χ2v) is 5.01. The molecule has 0 radical (unpaired) electrons. The Bertz CT molecular complexity index is 713. The minimum atomic E-state index is -0.329. The van der Waals surface area contributed by atoms with Gasteiger partial charge in [0.25, 0.3) is 0 Å². The highest BCUT2D eigenvalue weighted by molar-refractivity contribution is 5.92. The molecule has 0 unspecified atom stereocenters. The highest BCUT2D eigenvalue weighted by Crippen LogP contribution is 2.34. The summed E-state index contributed by atoms with van der Waals surface area (Å²) in [7, 11) is 3.05. The van der Waals surface area contributed by atoms with E-state index in [4.69, 9.17) is 9.47 Å². The van der Waals surface area contributed by atoms with Crippen molar-refractivity contribution in [2.45, 2.75) is 12.8 Å². The lowest BCUT2D eigenvalue weighted by Crippen LogP contribution is -2.01. The van der Waals surface area contributed by atoms with Crippen molar-refractivity contribution in [2.24, 2.45) is 0 Å². The van der Waals surface area contributed by atoms with Gasteiger partial charge in [0.05, 0.1) is 14.2 Å². The Morgan fingerprint density at radius 2 is 2.10 bits per heavy atom. The first kappa shape index (κ1) is 13.5. The quantitative estimate of drug-likeness (QED) is 0.879. The van der Waals surface area contributed by atoms with E-state index in [0.717, 1.165) is 35.4 Å². The summed E-state index contributed by atoms with van der Waals surface area (Å²) in [5.41, 5.74) is 5.05. The average Bonchev–Trinajstić information content (AvgIpc) is 3.09. The number of ether oxygens (including phenoxy) is 2. The molecule has 0 atom stereocenters. The fourth-order valence-electron chi connectivity index (χ4n) is 2.68. The zero-order chi connectivity index (χ0) is 14.8. The van der Waals surface area contributed by atoms with Crippen molar-refractivity contribution >= 4 is 17.6 Å². The molecule has 21 heavy (non-hydrogen) atoms. The molecule has 1 N–H and O–H groups in total. The predicted octanol–water partition coefficient (Wildman–Crippen LogP) is 3.30. The first-order valence-corrected chi connectivity index (χ1v) is 6.86. The van der Waals surface area contributed by atoms with Crippen LogP contribution >= 0.6 is 0 Å². The highest BCUT2D eigenvalue weighted by atomic mass is 16.5. The zero-order valence-corrected chi connectivity index (χ0v) is 12.1. The van der Waals surface area contributed by atoms with Crippen LogP contribution in [0, 0.1) is 0 Å². The van der Waals surface area contributed by atoms with Gasteiger partial charge in [-0.25, -0.2) is 4.79 Å². The summed E-state index contributed by atoms with van der Waals surface area (Å²) in [6, 6.07) is 9.81. The van der Waals surface area contributed by atoms with E-state index in [1.54, 1.807) is 7.11 Å². The summed E-state index contributed by atoms with van der Waals surface area (Å²) in [4.78, 5) is 14.7. The molecule has 0 bridgehead atoms. The molecule has 0 amide bonds. The number of allylic oxidation sites excluding steroid dienone is 1. The monoisotopic (exact) mass is 283 g/mol. The summed E-state index contributed by atoms with van der Waals surface area (Å²) in [6.45, 7) is 0. The van der Waals surface area contributed by atoms with Crippen LogP contribution in [0.2, 0.25) is 0 Å². The number of aromatic amines is 1. The molecule has 2 aromatic rings. The number of benzene rings is 1. The van der Waals surface area contributed by atoms with Gasteiger partial charge in [-0.15, -0.1) is 0 Å². The Hall–Kier alpha value is -2.49. The lowest BCUT2D eigenvalue weighted by atomic mass is 10.1. The number of esters is 1. The van der Waals surface area contributed by atoms with Gasteiger partial charge in [-0.2, -0.15) is 0 Å². The van der Waals surface area contributed by atoms with Crippen LogP contribution in [0.3, 0.4) is 0 Å². The minimum Gasteiger partial charge on any atom is -0.497 e. The maximum atomic E-state index is 11.6. The van der Waals surface area contributed by atoms with E-state index in [9.17, 15) is 4.79 Å². The average molecular weight is 283 g/mol. The molecule has 0 saturated heterocycles. The molecular formula is C17H17NO3. The van der Waals surface area contributed by atoms with E-state index in [-0.39, 0.29) is 5.97 Å². The van der Waals surface area contributed by atoms with Crippen LogP contribution in [0.5, 0.6) is 5.75 Å². The van der Waals surface area contributed by atoms with Crippen molar-refractivity contribution in [1.29, 1.82) is 0 Å². The molecule has 108 valence electrons. The standard InChI is InChI=1S/C17H17NO3/c1-20-13-5-3-4-11(9-13)8-12-6-7-15-14(12)10-16(18-15)17(19)21-2/h3-5,8-10,18H,6-7H2,1-2H3/b12-8+. The fraction of sp³-hybridized carbons (Fsp3) is 0.235. The molecule has 4 nitrogen and oxygen atoms in total. The summed E-state index contributed by atoms with van der Waals surface area (Å²) < 4.78 is 9.99. The molecular weight excluding hydrogens is 266 g/mol. The van der Waals surface area contributed by atoms with E-state index in [1.165, 1.54) is 12.7 Å². The van der Waals surface area contributed by atoms with Gasteiger partial charge in [-0.3, -0.25) is 0 Å². The number of methoxy groups -OCH3 is 2. The molecule has 1 aromatic carbocycles. The number of H-pyrrole nitrogens is 1. The van der Waals surface area contributed by atoms with Gasteiger partial charge in [0.15, 0.2) is 0 Å². The molecule has 0 spiro atoms. The van der Waals surface area contributed by atoms with Gasteiger partial charge in [0.2, 0.25) is 0 Å². The third kappa shape index (κ3) is 2.57. The molecule has 1 aliphatic carbocycles. The first-order chi connectivity index (χ1) is 10.2. The number of rotatable bonds is 3. The van der Waals surface area contributed by atoms with Gasteiger partial charge in [-0.1, -0.05) is 18.2 Å². The van der Waals surface area contributed by atoms with E-state index >= 15 is 0 Å². The zero-order valence-electron chi connectivity index (χ0n) is 12.1. The number of aryl methyl sites for hydroxylation is 1. The van der Waals surface area contributed by atoms with Gasteiger partial charge in [0, 0.05) is 5.69 Å². The molecule has 3 rings (SSSR count). The third-order valence-electron chi connectivity index (χ3n) is 3.73. The normalized spacial score (nSPS) is 15.0. The second kappa shape index (κ2) is 5.48. The van der Waals surface area contributed by atoms with Gasteiger partial charge in [0.1, 0.15) is 11.4 Å². The molecule has 0 saturated carbocycles. The van der Waals surface area contributed by atoms with Crippen LogP contribution in [-0.2, 0) is 11.2 Å². The summed E-state index contributed by atoms with van der Waals surface area (Å²) >= 11 is 0. The number of carbonyl (C=O) groups excluding carboxylic acids is 1. The van der Waals surface area contributed by atoms with E-state index in [2.05, 4.69) is 11.1 Å². The van der Waals surface area contributed by atoms with Crippen LogP contribution < -0.4 is 4.74 Å². The Morgan fingerprint density at radius 3 is 2.86 bits per heavy atom. The molecule has 0 aliphatic heterocycles. The third-order valence-corrected chi connectivity index (χ3v) is 3.73. The Labute approximate surface area is 123 Å². The lowest BCUT2D eigenvalue weighted by molar-refractivity contribution is 0.0594. The largest absolute Gasteiger partial charge is 0.497 e. The number of hydrogen-bond donors (Lipinski definition) is 1. The number of aromatic nitrogens is 1. The Morgan fingerprint density at radius 1 is 1.24 bits per heavy atom. The number of nitrogens with one attached hydrogen (secondary N) is 1. The SMILES string of the molecule is COC(=O)c1cc2c([nH]1)CC/C2=C\c1cccc(OC)c1. The molecule has 1 aliphatic rings. The van der Waals surface area contributed by atoms with Crippen LogP contribution in [-0.4, -0.2) is 25.2 Å². The highest BCUT2D eigenvalue weighted by Gasteiger charge is 2.21. The van der Waals surface area contributed by atoms with Crippen LogP contribution in [0.4, 0.5) is 0 Å². The molecule has 1 heterocycles. The van der Waals surface area contributed by atoms with Crippen molar-refractivity contribution in [3.63, 3.8) is 0 Å². The van der Waals surface area contributed by atoms with Crippen molar-refractivity contribution in [3.05, 3.63) is 52.8 Å². The van der Waals surface area contributed by atoms with Gasteiger partial charge in [-0.05, 0) is 47.7 Å². The van der Waals surface area contributed by atoms with Crippen molar-refractivity contribution in [3.8, 4) is 5.75 Å². The number of hydrogen-bond acceptors (Lipinski definition) is 3. The predicted molar refractivity (Wildman–Crippen MR) is 81.3 cm³/mol. The Balaban J connectivity index is 1.94. The second-order valence-electron chi connectivity index (χ2n) is 5.01. The smallest absolute Gasteiger partial charge is 0.354 e. The van der Waals surface area contributed by atoms with Gasteiger partial charge >= 0.3 is 5.97 Å². The maximum absolute atomic E-state index is 11.6. The van der Waals surface area contributed by atoms with Crippen molar-refractivity contribution < 1.29 is 14.3 Å². The van der Waals surface area contributed by atoms with Crippen LogP contribution in [0.15, 0.2) is 30.3 Å². The first-order valence-electron chi connectivity index (χ1n) is 6.86. The van der Waals surface area contributed by atoms with Crippen molar-refractivity contribution in [1.82, 2.24) is 4.98 Å². The van der Waals surface area contributed by atoms with Crippen LogP contribution in [0.25, 0.3) is 11.6 Å². The summed E-state index contributed by atoms with van der Waals surface area (Å²) in [5, 5.41) is 0. The number of fused-ring (bicyclic) bond motifs is 1. The Kier molecular flexibility index (Phi) is 3.52.